The second kappa shape index (κ2) is 5.62. The second-order valence-corrected chi connectivity index (χ2v) is 5.81. The van der Waals surface area contributed by atoms with Crippen LogP contribution < -0.4 is 10.0 Å². The predicted molar refractivity (Wildman–Crippen MR) is 66.5 cm³/mol. The van der Waals surface area contributed by atoms with Crippen LogP contribution in [0.1, 0.15) is 12.5 Å². The van der Waals surface area contributed by atoms with E-state index in [9.17, 15) is 17.2 Å². The van der Waals surface area contributed by atoms with Gasteiger partial charge in [-0.15, -0.1) is 0 Å². The smallest absolute Gasteiger partial charge is 0.258 e. The zero-order chi connectivity index (χ0) is 13.9. The van der Waals surface area contributed by atoms with Gasteiger partial charge in [-0.1, -0.05) is 6.07 Å². The lowest BCUT2D eigenvalue weighted by molar-refractivity contribution is 0.130. The van der Waals surface area contributed by atoms with E-state index in [2.05, 4.69) is 10.0 Å². The average molecular weight is 278 g/mol. The molecule has 0 aliphatic carbocycles. The third-order valence-corrected chi connectivity index (χ3v) is 4.08. The average Bonchev–Trinajstić information content (AvgIpc) is 2.31. The van der Waals surface area contributed by atoms with E-state index in [-0.39, 0.29) is 4.90 Å². The number of rotatable bonds is 5. The Kier molecular flexibility index (Phi) is 4.64. The van der Waals surface area contributed by atoms with Crippen LogP contribution in [0.5, 0.6) is 0 Å². The minimum Gasteiger partial charge on any atom is -0.377 e. The van der Waals surface area contributed by atoms with E-state index < -0.39 is 22.5 Å². The van der Waals surface area contributed by atoms with Gasteiger partial charge < -0.3 is 5.32 Å². The van der Waals surface area contributed by atoms with Crippen molar-refractivity contribution in [3.8, 4) is 0 Å². The van der Waals surface area contributed by atoms with Crippen molar-refractivity contribution in [1.82, 2.24) is 4.72 Å². The van der Waals surface area contributed by atoms with Gasteiger partial charge in [-0.25, -0.2) is 21.9 Å². The Morgan fingerprint density at radius 1 is 1.28 bits per heavy atom. The van der Waals surface area contributed by atoms with Gasteiger partial charge in [0.25, 0.3) is 6.43 Å². The first-order chi connectivity index (χ1) is 8.27. The van der Waals surface area contributed by atoms with Gasteiger partial charge in [-0.05, 0) is 38.6 Å². The van der Waals surface area contributed by atoms with Crippen molar-refractivity contribution < 1.29 is 17.2 Å². The molecule has 1 unspecified atom stereocenters. The molecule has 0 amide bonds. The number of halogens is 2. The summed E-state index contributed by atoms with van der Waals surface area (Å²) in [7, 11) is -2.28. The van der Waals surface area contributed by atoms with Crippen molar-refractivity contribution in [3.63, 3.8) is 0 Å². The maximum absolute atomic E-state index is 12.4. The summed E-state index contributed by atoms with van der Waals surface area (Å²) in [6.45, 7) is 2.97. The van der Waals surface area contributed by atoms with E-state index in [0.29, 0.717) is 11.3 Å². The van der Waals surface area contributed by atoms with Crippen LogP contribution in [0.25, 0.3) is 0 Å². The van der Waals surface area contributed by atoms with Gasteiger partial charge in [0.1, 0.15) is 0 Å². The van der Waals surface area contributed by atoms with E-state index in [4.69, 9.17) is 0 Å². The molecule has 0 radical (unpaired) electrons. The van der Waals surface area contributed by atoms with E-state index in [1.165, 1.54) is 20.0 Å². The van der Waals surface area contributed by atoms with Crippen molar-refractivity contribution in [2.24, 2.45) is 0 Å². The Balaban J connectivity index is 3.09. The number of hydrogen-bond donors (Lipinski definition) is 2. The SMILES string of the molecule is CNS(=O)(=O)c1cc(NC(C)C(F)F)ccc1C. The number of benzene rings is 1. The van der Waals surface area contributed by atoms with Crippen LogP contribution in [0, 0.1) is 6.92 Å². The molecule has 7 heteroatoms. The van der Waals surface area contributed by atoms with E-state index >= 15 is 0 Å². The van der Waals surface area contributed by atoms with Crippen molar-refractivity contribution >= 4 is 15.7 Å². The van der Waals surface area contributed by atoms with E-state index in [1.807, 2.05) is 0 Å². The summed E-state index contributed by atoms with van der Waals surface area (Å²) in [6, 6.07) is 3.45. The lowest BCUT2D eigenvalue weighted by atomic mass is 10.2. The molecule has 4 nitrogen and oxygen atoms in total. The first kappa shape index (κ1) is 14.8. The Hall–Kier alpha value is -1.21. The molecule has 0 fully saturated rings. The number of sulfonamides is 1. The maximum atomic E-state index is 12.4. The summed E-state index contributed by atoms with van der Waals surface area (Å²) in [5.41, 5.74) is 0.904. The zero-order valence-electron chi connectivity index (χ0n) is 10.4. The molecular formula is C11H16F2N2O2S. The number of alkyl halides is 2. The fourth-order valence-corrected chi connectivity index (χ4v) is 2.41. The van der Waals surface area contributed by atoms with Crippen LogP contribution >= 0.6 is 0 Å². The highest BCUT2D eigenvalue weighted by Crippen LogP contribution is 2.21. The largest absolute Gasteiger partial charge is 0.377 e. The molecule has 1 rings (SSSR count). The predicted octanol–water partition coefficient (Wildman–Crippen LogP) is 1.97. The molecule has 102 valence electrons. The van der Waals surface area contributed by atoms with Gasteiger partial charge >= 0.3 is 0 Å². The van der Waals surface area contributed by atoms with Gasteiger partial charge in [0, 0.05) is 5.69 Å². The van der Waals surface area contributed by atoms with Gasteiger partial charge in [0.15, 0.2) is 0 Å². The number of anilines is 1. The van der Waals surface area contributed by atoms with Crippen LogP contribution in [-0.4, -0.2) is 27.9 Å². The fraction of sp³-hybridized carbons (Fsp3) is 0.455. The Bertz CT molecular complexity index is 518. The Morgan fingerprint density at radius 3 is 2.39 bits per heavy atom. The summed E-state index contributed by atoms with van der Waals surface area (Å²) in [4.78, 5) is 0.0801. The second-order valence-electron chi connectivity index (χ2n) is 3.96. The molecule has 1 aromatic rings. The maximum Gasteiger partial charge on any atom is 0.258 e. The van der Waals surface area contributed by atoms with Crippen LogP contribution in [0.15, 0.2) is 23.1 Å². The summed E-state index contributed by atoms with van der Waals surface area (Å²) in [6.07, 6.45) is -2.52. The molecule has 0 spiro atoms. The molecule has 18 heavy (non-hydrogen) atoms. The van der Waals surface area contributed by atoms with Crippen molar-refractivity contribution in [2.75, 3.05) is 12.4 Å². The highest BCUT2D eigenvalue weighted by atomic mass is 32.2. The summed E-state index contributed by atoms with van der Waals surface area (Å²) < 4.78 is 50.4. The van der Waals surface area contributed by atoms with Gasteiger partial charge in [0.2, 0.25) is 10.0 Å². The lowest BCUT2D eigenvalue weighted by Crippen LogP contribution is -2.24. The number of aryl methyl sites for hydroxylation is 1. The lowest BCUT2D eigenvalue weighted by Gasteiger charge is -2.15. The Morgan fingerprint density at radius 2 is 1.89 bits per heavy atom. The molecule has 0 saturated heterocycles. The third-order valence-electron chi connectivity index (χ3n) is 2.52. The monoisotopic (exact) mass is 278 g/mol. The molecule has 1 atom stereocenters. The van der Waals surface area contributed by atoms with Crippen molar-refractivity contribution in [3.05, 3.63) is 23.8 Å². The molecule has 0 aromatic heterocycles. The van der Waals surface area contributed by atoms with E-state index in [1.54, 1.807) is 19.1 Å². The third kappa shape index (κ3) is 3.39. The summed E-state index contributed by atoms with van der Waals surface area (Å²) in [5, 5.41) is 2.56. The summed E-state index contributed by atoms with van der Waals surface area (Å²) in [5.74, 6) is 0. The first-order valence-electron chi connectivity index (χ1n) is 5.37. The molecule has 2 N–H and O–H groups in total. The van der Waals surface area contributed by atoms with Crippen LogP contribution in [0.3, 0.4) is 0 Å². The molecular weight excluding hydrogens is 262 g/mol. The molecule has 0 aliphatic heterocycles. The van der Waals surface area contributed by atoms with E-state index in [0.717, 1.165) is 0 Å². The number of nitrogens with one attached hydrogen (secondary N) is 2. The number of hydrogen-bond acceptors (Lipinski definition) is 3. The van der Waals surface area contributed by atoms with Crippen molar-refractivity contribution in [2.45, 2.75) is 31.2 Å². The van der Waals surface area contributed by atoms with Crippen molar-refractivity contribution in [1.29, 1.82) is 0 Å². The normalized spacial score (nSPS) is 13.7. The quantitative estimate of drug-likeness (QED) is 0.865. The minimum absolute atomic E-state index is 0.0801. The van der Waals surface area contributed by atoms with Gasteiger partial charge in [0.05, 0.1) is 10.9 Å². The standard InChI is InChI=1S/C11H16F2N2O2S/c1-7-4-5-9(15-8(2)11(12)13)6-10(7)18(16,17)14-3/h4-6,8,11,14-15H,1-3H3. The summed E-state index contributed by atoms with van der Waals surface area (Å²) >= 11 is 0. The van der Waals surface area contributed by atoms with Crippen LogP contribution in [0.4, 0.5) is 14.5 Å². The fourth-order valence-electron chi connectivity index (χ4n) is 1.42. The molecule has 0 heterocycles. The van der Waals surface area contributed by atoms with Gasteiger partial charge in [-0.3, -0.25) is 0 Å². The molecule has 0 aliphatic rings. The topological polar surface area (TPSA) is 58.2 Å². The molecule has 1 aromatic carbocycles. The Labute approximate surface area is 105 Å². The highest BCUT2D eigenvalue weighted by molar-refractivity contribution is 7.89. The molecule has 0 bridgehead atoms. The van der Waals surface area contributed by atoms with Crippen LogP contribution in [0.2, 0.25) is 0 Å². The van der Waals surface area contributed by atoms with Crippen LogP contribution in [-0.2, 0) is 10.0 Å². The highest BCUT2D eigenvalue weighted by Gasteiger charge is 2.18. The molecule has 0 saturated carbocycles. The minimum atomic E-state index is -3.58. The zero-order valence-corrected chi connectivity index (χ0v) is 11.2. The first-order valence-corrected chi connectivity index (χ1v) is 6.85. The van der Waals surface area contributed by atoms with Gasteiger partial charge in [-0.2, -0.15) is 0 Å².